The van der Waals surface area contributed by atoms with E-state index in [0.717, 1.165) is 16.5 Å². The molecule has 0 radical (unpaired) electrons. The van der Waals surface area contributed by atoms with Gasteiger partial charge in [0.15, 0.2) is 0 Å². The van der Waals surface area contributed by atoms with E-state index in [2.05, 4.69) is 25.2 Å². The molecule has 2 aromatic rings. The SMILES string of the molecule is Cc1c(C=NSC(C)(C)C)sc2c(F)cc(F)cc12. The highest BCUT2D eigenvalue weighted by molar-refractivity contribution is 7.99. The summed E-state index contributed by atoms with van der Waals surface area (Å²) in [6.07, 6.45) is 1.73. The summed E-state index contributed by atoms with van der Waals surface area (Å²) in [5.74, 6) is -1.05. The van der Waals surface area contributed by atoms with Crippen LogP contribution in [0.25, 0.3) is 10.1 Å². The molecule has 1 aromatic heterocycles. The van der Waals surface area contributed by atoms with Crippen molar-refractivity contribution in [2.45, 2.75) is 32.4 Å². The second-order valence-electron chi connectivity index (χ2n) is 5.29. The Balaban J connectivity index is 2.40. The number of benzene rings is 1. The Morgan fingerprint density at radius 3 is 2.58 bits per heavy atom. The fraction of sp³-hybridized carbons (Fsp3) is 0.357. The van der Waals surface area contributed by atoms with Crippen molar-refractivity contribution in [2.75, 3.05) is 0 Å². The summed E-state index contributed by atoms with van der Waals surface area (Å²) in [4.78, 5) is 0.872. The van der Waals surface area contributed by atoms with Gasteiger partial charge in [-0.1, -0.05) is 0 Å². The number of aryl methyl sites for hydroxylation is 1. The number of hydrogen-bond donors (Lipinski definition) is 0. The summed E-state index contributed by atoms with van der Waals surface area (Å²) in [7, 11) is 0. The van der Waals surface area contributed by atoms with E-state index >= 15 is 0 Å². The van der Waals surface area contributed by atoms with Crippen molar-refractivity contribution in [1.82, 2.24) is 0 Å². The molecule has 0 fully saturated rings. The summed E-state index contributed by atoms with van der Waals surface area (Å²) >= 11 is 2.77. The molecule has 0 bridgehead atoms. The van der Waals surface area contributed by atoms with Crippen LogP contribution in [0.15, 0.2) is 16.5 Å². The number of hydrogen-bond acceptors (Lipinski definition) is 3. The zero-order valence-electron chi connectivity index (χ0n) is 11.3. The molecule has 0 saturated carbocycles. The normalized spacial score (nSPS) is 12.7. The summed E-state index contributed by atoms with van der Waals surface area (Å²) in [6, 6.07) is 2.29. The molecule has 0 amide bonds. The summed E-state index contributed by atoms with van der Waals surface area (Å²) < 4.78 is 31.7. The van der Waals surface area contributed by atoms with Gasteiger partial charge < -0.3 is 0 Å². The first kappa shape index (κ1) is 14.5. The zero-order valence-corrected chi connectivity index (χ0v) is 12.9. The van der Waals surface area contributed by atoms with Crippen LogP contribution in [0.3, 0.4) is 0 Å². The molecule has 1 nitrogen and oxygen atoms in total. The molecule has 1 aromatic carbocycles. The molecule has 102 valence electrons. The van der Waals surface area contributed by atoms with Gasteiger partial charge in [-0.25, -0.2) is 13.2 Å². The lowest BCUT2D eigenvalue weighted by Crippen LogP contribution is -2.04. The minimum absolute atomic E-state index is 0.0401. The first-order valence-corrected chi connectivity index (χ1v) is 7.46. The summed E-state index contributed by atoms with van der Waals surface area (Å²) in [6.45, 7) is 8.08. The topological polar surface area (TPSA) is 12.4 Å². The van der Waals surface area contributed by atoms with Gasteiger partial charge in [0.2, 0.25) is 0 Å². The third-order valence-electron chi connectivity index (χ3n) is 2.49. The predicted octanol–water partition coefficient (Wildman–Crippen LogP) is 5.35. The van der Waals surface area contributed by atoms with Crippen LogP contribution in [0, 0.1) is 18.6 Å². The Hall–Kier alpha value is -0.940. The molecular formula is C14H15F2NS2. The number of fused-ring (bicyclic) bond motifs is 1. The highest BCUT2D eigenvalue weighted by atomic mass is 32.2. The van der Waals surface area contributed by atoms with Gasteiger partial charge in [-0.3, -0.25) is 0 Å². The highest BCUT2D eigenvalue weighted by Gasteiger charge is 2.13. The van der Waals surface area contributed by atoms with Crippen molar-refractivity contribution in [2.24, 2.45) is 4.40 Å². The monoisotopic (exact) mass is 299 g/mol. The number of thiophene rings is 1. The number of halogens is 2. The maximum Gasteiger partial charge on any atom is 0.143 e. The van der Waals surface area contributed by atoms with E-state index in [-0.39, 0.29) is 4.75 Å². The van der Waals surface area contributed by atoms with Gasteiger partial charge >= 0.3 is 0 Å². The Kier molecular flexibility index (Phi) is 3.97. The molecule has 0 spiro atoms. The smallest absolute Gasteiger partial charge is 0.143 e. The fourth-order valence-electron chi connectivity index (χ4n) is 1.62. The van der Waals surface area contributed by atoms with E-state index in [1.54, 1.807) is 6.21 Å². The van der Waals surface area contributed by atoms with Crippen molar-refractivity contribution in [1.29, 1.82) is 0 Å². The number of nitrogens with zero attached hydrogens (tertiary/aromatic N) is 1. The van der Waals surface area contributed by atoms with E-state index in [9.17, 15) is 8.78 Å². The van der Waals surface area contributed by atoms with Gasteiger partial charge in [-0.15, -0.1) is 11.3 Å². The first-order valence-electron chi connectivity index (χ1n) is 5.87. The van der Waals surface area contributed by atoms with E-state index < -0.39 is 11.6 Å². The van der Waals surface area contributed by atoms with Gasteiger partial charge in [-0.05, 0) is 51.3 Å². The average molecular weight is 299 g/mol. The number of rotatable bonds is 2. The Bertz CT molecular complexity index is 639. The van der Waals surface area contributed by atoms with Crippen LogP contribution in [0.2, 0.25) is 0 Å². The lowest BCUT2D eigenvalue weighted by atomic mass is 10.1. The molecule has 0 aliphatic heterocycles. The Morgan fingerprint density at radius 2 is 1.95 bits per heavy atom. The van der Waals surface area contributed by atoms with E-state index in [0.29, 0.717) is 10.1 Å². The molecule has 1 heterocycles. The molecule has 0 aliphatic rings. The van der Waals surface area contributed by atoms with Crippen molar-refractivity contribution < 1.29 is 8.78 Å². The average Bonchev–Trinajstić information content (AvgIpc) is 2.56. The largest absolute Gasteiger partial charge is 0.223 e. The maximum atomic E-state index is 13.7. The molecule has 0 N–H and O–H groups in total. The Morgan fingerprint density at radius 1 is 1.26 bits per heavy atom. The van der Waals surface area contributed by atoms with Crippen LogP contribution in [-0.4, -0.2) is 11.0 Å². The molecule has 0 unspecified atom stereocenters. The summed E-state index contributed by atoms with van der Waals surface area (Å²) in [5, 5.41) is 0.629. The van der Waals surface area contributed by atoms with Crippen LogP contribution in [0.1, 0.15) is 31.2 Å². The van der Waals surface area contributed by atoms with Gasteiger partial charge in [0.1, 0.15) is 11.6 Å². The molecule has 0 aliphatic carbocycles. The van der Waals surface area contributed by atoms with Crippen molar-refractivity contribution >= 4 is 39.6 Å². The minimum Gasteiger partial charge on any atom is -0.223 e. The lowest BCUT2D eigenvalue weighted by Gasteiger charge is -2.11. The van der Waals surface area contributed by atoms with Crippen LogP contribution in [0.4, 0.5) is 8.78 Å². The quantitative estimate of drug-likeness (QED) is 0.537. The third-order valence-corrected chi connectivity index (χ3v) is 4.50. The third kappa shape index (κ3) is 3.34. The van der Waals surface area contributed by atoms with Gasteiger partial charge in [-0.2, -0.15) is 0 Å². The molecular weight excluding hydrogens is 284 g/mol. The Labute approximate surface area is 119 Å². The highest BCUT2D eigenvalue weighted by Crippen LogP contribution is 2.33. The first-order chi connectivity index (χ1) is 8.78. The van der Waals surface area contributed by atoms with E-state index in [1.165, 1.54) is 29.4 Å². The van der Waals surface area contributed by atoms with Gasteiger partial charge in [0.25, 0.3) is 0 Å². The molecule has 2 rings (SSSR count). The molecule has 19 heavy (non-hydrogen) atoms. The van der Waals surface area contributed by atoms with Crippen molar-refractivity contribution in [3.63, 3.8) is 0 Å². The van der Waals surface area contributed by atoms with Crippen molar-refractivity contribution in [3.8, 4) is 0 Å². The van der Waals surface area contributed by atoms with Gasteiger partial charge in [0, 0.05) is 16.2 Å². The van der Waals surface area contributed by atoms with Gasteiger partial charge in [0.05, 0.1) is 15.8 Å². The lowest BCUT2D eigenvalue weighted by molar-refractivity contribution is 0.593. The van der Waals surface area contributed by atoms with Crippen LogP contribution >= 0.6 is 23.3 Å². The van der Waals surface area contributed by atoms with Crippen LogP contribution < -0.4 is 0 Å². The maximum absolute atomic E-state index is 13.7. The summed E-state index contributed by atoms with van der Waals surface area (Å²) in [5.41, 5.74) is 0.872. The zero-order chi connectivity index (χ0) is 14.2. The van der Waals surface area contributed by atoms with Crippen LogP contribution in [-0.2, 0) is 0 Å². The molecule has 5 heteroatoms. The second kappa shape index (κ2) is 5.21. The van der Waals surface area contributed by atoms with E-state index in [4.69, 9.17) is 0 Å². The van der Waals surface area contributed by atoms with Crippen LogP contribution in [0.5, 0.6) is 0 Å². The second-order valence-corrected chi connectivity index (χ2v) is 7.96. The molecule has 0 saturated heterocycles. The fourth-order valence-corrected chi connectivity index (χ4v) is 3.23. The standard InChI is InChI=1S/C14H15F2NS2/c1-8-10-5-9(15)6-11(16)13(10)18-12(8)7-17-19-14(2,3)4/h5-7H,1-4H3. The minimum atomic E-state index is -0.543. The van der Waals surface area contributed by atoms with Crippen molar-refractivity contribution in [3.05, 3.63) is 34.2 Å². The predicted molar refractivity (Wildman–Crippen MR) is 81.4 cm³/mol. The van der Waals surface area contributed by atoms with E-state index in [1.807, 2.05) is 6.92 Å². The molecule has 0 atom stereocenters.